The molecule has 2 atom stereocenters. The molecule has 0 saturated carbocycles. The van der Waals surface area contributed by atoms with Gasteiger partial charge in [0, 0.05) is 21.7 Å². The second-order valence-corrected chi connectivity index (χ2v) is 7.67. The van der Waals surface area contributed by atoms with Crippen LogP contribution in [-0.2, 0) is 4.79 Å². The molecule has 3 aromatic rings. The van der Waals surface area contributed by atoms with Crippen molar-refractivity contribution in [2.24, 2.45) is 0 Å². The van der Waals surface area contributed by atoms with E-state index in [1.165, 1.54) is 0 Å². The van der Waals surface area contributed by atoms with Crippen molar-refractivity contribution in [2.75, 3.05) is 0 Å². The minimum absolute atomic E-state index is 0.275. The summed E-state index contributed by atoms with van der Waals surface area (Å²) in [5.41, 5.74) is 6.33. The van der Waals surface area contributed by atoms with Crippen LogP contribution in [0.3, 0.4) is 0 Å². The van der Waals surface area contributed by atoms with Crippen LogP contribution in [0.25, 0.3) is 0 Å². The van der Waals surface area contributed by atoms with Crippen molar-refractivity contribution in [3.8, 4) is 0 Å². The summed E-state index contributed by atoms with van der Waals surface area (Å²) in [7, 11) is 0. The second kappa shape index (κ2) is 8.51. The number of nitrogens with one attached hydrogen (secondary N) is 2. The molecule has 0 aliphatic carbocycles. The maximum Gasteiger partial charge on any atom is 0.304 e. The quantitative estimate of drug-likeness (QED) is 0.635. The third-order valence-electron chi connectivity index (χ3n) is 5.04. The highest BCUT2D eigenvalue weighted by Crippen LogP contribution is 2.26. The Kier molecular flexibility index (Phi) is 5.63. The Hall–Kier alpha value is -3.44. The zero-order valence-corrected chi connectivity index (χ0v) is 17.1. The highest BCUT2D eigenvalue weighted by molar-refractivity contribution is 6.30. The van der Waals surface area contributed by atoms with Crippen molar-refractivity contribution >= 4 is 29.6 Å². The van der Waals surface area contributed by atoms with Crippen LogP contribution >= 0.6 is 11.6 Å². The van der Waals surface area contributed by atoms with E-state index in [0.29, 0.717) is 10.6 Å². The molecule has 0 radical (unpaired) electrons. The number of rotatable bonds is 4. The number of hydrazone groups is 1. The monoisotopic (exact) mass is 418 g/mol. The first-order valence-corrected chi connectivity index (χ1v) is 10.0. The van der Waals surface area contributed by atoms with Gasteiger partial charge < -0.3 is 5.32 Å². The summed E-state index contributed by atoms with van der Waals surface area (Å²) in [4.78, 5) is 25.6. The molecule has 150 valence electrons. The second-order valence-electron chi connectivity index (χ2n) is 7.24. The predicted octanol–water partition coefficient (Wildman–Crippen LogP) is 3.66. The molecule has 0 unspecified atom stereocenters. The van der Waals surface area contributed by atoms with Crippen LogP contribution in [0.4, 0.5) is 0 Å². The molecule has 4 rings (SSSR count). The van der Waals surface area contributed by atoms with Gasteiger partial charge in [-0.1, -0.05) is 59.6 Å². The summed E-state index contributed by atoms with van der Waals surface area (Å²) in [5, 5.41) is 3.49. The van der Waals surface area contributed by atoms with E-state index in [4.69, 9.17) is 11.6 Å². The number of amides is 2. The molecule has 1 saturated heterocycles. The molecule has 30 heavy (non-hydrogen) atoms. The Bertz CT molecular complexity index is 1090. The van der Waals surface area contributed by atoms with E-state index in [9.17, 15) is 9.59 Å². The molecule has 6 heteroatoms. The molecule has 2 amide bonds. The summed E-state index contributed by atoms with van der Waals surface area (Å²) in [6.45, 7) is 2.02. The van der Waals surface area contributed by atoms with Crippen molar-refractivity contribution in [3.63, 3.8) is 0 Å². The van der Waals surface area contributed by atoms with Crippen LogP contribution in [0, 0.1) is 6.92 Å². The number of hydrogen-bond donors (Lipinski definition) is 2. The first-order valence-electron chi connectivity index (χ1n) is 9.63. The van der Waals surface area contributed by atoms with Crippen LogP contribution < -0.4 is 10.7 Å². The standard InChI is InChI=1S/C24H20ClN3O2/c1-16-7-9-17(10-8-16)15-28-22(18-11-13-20(25)14-12-18)21(24(30)27-28)26-23(29)19-5-3-2-4-6-19/h2-15,21-22H,1H3,(H-,26,27,29,30)/p+1/b28-15-/t21-,22-/m1/s1. The number of carbonyl (C=O) groups excluding carboxylic acids is 2. The fraction of sp³-hybridized carbons (Fsp3) is 0.125. The Morgan fingerprint density at radius 2 is 1.67 bits per heavy atom. The first kappa shape index (κ1) is 19.9. The maximum absolute atomic E-state index is 12.8. The predicted molar refractivity (Wildman–Crippen MR) is 117 cm³/mol. The highest BCUT2D eigenvalue weighted by atomic mass is 35.5. The number of halogens is 1. The number of carbonyl (C=O) groups is 2. The summed E-state index contributed by atoms with van der Waals surface area (Å²) in [6, 6.07) is 22.9. The molecule has 1 fully saturated rings. The van der Waals surface area contributed by atoms with Gasteiger partial charge in [0.25, 0.3) is 5.91 Å². The molecule has 0 aromatic heterocycles. The van der Waals surface area contributed by atoms with Crippen LogP contribution in [0.15, 0.2) is 78.9 Å². The molecular formula is C24H21ClN3O2+. The number of hydrogen-bond acceptors (Lipinski definition) is 2. The lowest BCUT2D eigenvalue weighted by atomic mass is 9.99. The third kappa shape index (κ3) is 4.26. The zero-order chi connectivity index (χ0) is 21.1. The van der Waals surface area contributed by atoms with E-state index < -0.39 is 12.1 Å². The molecule has 2 N–H and O–H groups in total. The highest BCUT2D eigenvalue weighted by Gasteiger charge is 2.47. The molecule has 0 bridgehead atoms. The smallest absolute Gasteiger partial charge is 0.304 e. The van der Waals surface area contributed by atoms with Gasteiger partial charge in [0.2, 0.25) is 12.3 Å². The van der Waals surface area contributed by atoms with Gasteiger partial charge in [-0.05, 0) is 43.3 Å². The van der Waals surface area contributed by atoms with E-state index in [1.54, 1.807) is 41.1 Å². The lowest BCUT2D eigenvalue weighted by molar-refractivity contribution is -0.596. The average Bonchev–Trinajstić information content (AvgIpc) is 3.05. The van der Waals surface area contributed by atoms with E-state index in [-0.39, 0.29) is 11.8 Å². The van der Waals surface area contributed by atoms with Gasteiger partial charge in [0.1, 0.15) is 0 Å². The Labute approximate surface area is 180 Å². The summed E-state index contributed by atoms with van der Waals surface area (Å²) >= 11 is 6.06. The van der Waals surface area contributed by atoms with Gasteiger partial charge >= 0.3 is 5.91 Å². The Morgan fingerprint density at radius 3 is 2.33 bits per heavy atom. The Morgan fingerprint density at radius 1 is 1.00 bits per heavy atom. The third-order valence-corrected chi connectivity index (χ3v) is 5.29. The molecule has 1 aliphatic rings. The summed E-state index contributed by atoms with van der Waals surface area (Å²) < 4.78 is 1.74. The van der Waals surface area contributed by atoms with Crippen LogP contribution in [0.5, 0.6) is 0 Å². The topological polar surface area (TPSA) is 61.2 Å². The number of hydrazine groups is 1. The molecule has 5 nitrogen and oxygen atoms in total. The minimum Gasteiger partial charge on any atom is -0.334 e. The normalized spacial score (nSPS) is 19.5. The van der Waals surface area contributed by atoms with Gasteiger partial charge in [0.15, 0.2) is 6.04 Å². The van der Waals surface area contributed by atoms with Gasteiger partial charge in [0.05, 0.1) is 0 Å². The van der Waals surface area contributed by atoms with Crippen LogP contribution in [0.2, 0.25) is 5.02 Å². The van der Waals surface area contributed by atoms with Crippen molar-refractivity contribution in [1.29, 1.82) is 0 Å². The van der Waals surface area contributed by atoms with Crippen molar-refractivity contribution < 1.29 is 14.3 Å². The minimum atomic E-state index is -0.763. The van der Waals surface area contributed by atoms with Crippen LogP contribution in [-0.4, -0.2) is 28.8 Å². The van der Waals surface area contributed by atoms with E-state index in [2.05, 4.69) is 10.7 Å². The van der Waals surface area contributed by atoms with Gasteiger partial charge in [-0.2, -0.15) is 0 Å². The molecule has 1 aliphatic heterocycles. The maximum atomic E-state index is 12.8. The number of nitrogens with zero attached hydrogens (tertiary/aromatic N) is 1. The molecule has 3 aromatic carbocycles. The SMILES string of the molecule is Cc1ccc(/C=[N+]2\NC(=O)[C@H](NC(=O)c3ccccc3)[C@H]2c2ccc(Cl)cc2)cc1. The Balaban J connectivity index is 1.70. The lowest BCUT2D eigenvalue weighted by Crippen LogP contribution is -2.42. The fourth-order valence-corrected chi connectivity index (χ4v) is 3.59. The van der Waals surface area contributed by atoms with Gasteiger partial charge in [-0.3, -0.25) is 9.59 Å². The molecule has 0 spiro atoms. The average molecular weight is 419 g/mol. The van der Waals surface area contributed by atoms with Crippen molar-refractivity contribution in [3.05, 3.63) is 106 Å². The molecule has 1 heterocycles. The van der Waals surface area contributed by atoms with E-state index >= 15 is 0 Å². The lowest BCUT2D eigenvalue weighted by Gasteiger charge is -2.15. The summed E-state index contributed by atoms with van der Waals surface area (Å²) in [5.74, 6) is -0.575. The van der Waals surface area contributed by atoms with Crippen LogP contribution in [0.1, 0.15) is 33.1 Å². The van der Waals surface area contributed by atoms with Crippen molar-refractivity contribution in [1.82, 2.24) is 10.7 Å². The van der Waals surface area contributed by atoms with E-state index in [0.717, 1.165) is 16.7 Å². The fourth-order valence-electron chi connectivity index (χ4n) is 3.47. The molecular weight excluding hydrogens is 398 g/mol. The van der Waals surface area contributed by atoms with Crippen molar-refractivity contribution in [2.45, 2.75) is 19.0 Å². The van der Waals surface area contributed by atoms with Gasteiger partial charge in [-0.15, -0.1) is 10.1 Å². The first-order chi connectivity index (χ1) is 14.5. The zero-order valence-electron chi connectivity index (χ0n) is 16.4. The largest absolute Gasteiger partial charge is 0.334 e. The summed E-state index contributed by atoms with van der Waals surface area (Å²) in [6.07, 6.45) is 1.87. The van der Waals surface area contributed by atoms with Gasteiger partial charge in [-0.25, -0.2) is 0 Å². The van der Waals surface area contributed by atoms with E-state index in [1.807, 2.05) is 55.6 Å². The number of benzene rings is 3. The number of aryl methyl sites for hydroxylation is 1.